The molecule has 0 spiro atoms. The van der Waals surface area contributed by atoms with Gasteiger partial charge in [-0.3, -0.25) is 4.79 Å². The normalized spacial score (nSPS) is 23.0. The van der Waals surface area contributed by atoms with Gasteiger partial charge in [0.25, 0.3) is 0 Å². The maximum absolute atomic E-state index is 13.3. The van der Waals surface area contributed by atoms with E-state index >= 15 is 0 Å². The van der Waals surface area contributed by atoms with E-state index in [-0.39, 0.29) is 17.9 Å². The van der Waals surface area contributed by atoms with Gasteiger partial charge in [-0.05, 0) is 25.0 Å². The third kappa shape index (κ3) is 3.37. The lowest BCUT2D eigenvalue weighted by atomic mass is 9.75. The van der Waals surface area contributed by atoms with Crippen LogP contribution < -0.4 is 0 Å². The zero-order valence-corrected chi connectivity index (χ0v) is 13.1. The number of oxime groups is 1. The Morgan fingerprint density at radius 1 is 1.43 bits per heavy atom. The van der Waals surface area contributed by atoms with E-state index in [1.165, 1.54) is 19.2 Å². The fourth-order valence-corrected chi connectivity index (χ4v) is 3.28. The fraction of sp³-hybridized carbons (Fsp3) is 0.529. The van der Waals surface area contributed by atoms with Crippen LogP contribution in [0.1, 0.15) is 31.2 Å². The van der Waals surface area contributed by atoms with Crippen molar-refractivity contribution < 1.29 is 23.5 Å². The molecule has 1 aromatic rings. The highest BCUT2D eigenvalue weighted by molar-refractivity contribution is 6.01. The summed E-state index contributed by atoms with van der Waals surface area (Å²) in [5, 5.41) is 4.08. The molecule has 0 aromatic heterocycles. The molecule has 0 N–H and O–H groups in total. The van der Waals surface area contributed by atoms with Crippen LogP contribution in [-0.2, 0) is 19.1 Å². The minimum Gasteiger partial charge on any atom is -0.469 e. The minimum atomic E-state index is -0.579. The van der Waals surface area contributed by atoms with E-state index < -0.39 is 5.41 Å². The van der Waals surface area contributed by atoms with Crippen LogP contribution in [-0.4, -0.2) is 38.1 Å². The molecule has 124 valence electrons. The second-order valence-electron chi connectivity index (χ2n) is 6.07. The second-order valence-corrected chi connectivity index (χ2v) is 6.07. The number of ether oxygens (including phenoxy) is 2. The van der Waals surface area contributed by atoms with Crippen LogP contribution in [0, 0.1) is 11.2 Å². The predicted molar refractivity (Wildman–Crippen MR) is 81.5 cm³/mol. The molecule has 0 aliphatic carbocycles. The van der Waals surface area contributed by atoms with E-state index in [0.717, 1.165) is 0 Å². The molecule has 1 fully saturated rings. The lowest BCUT2D eigenvalue weighted by Gasteiger charge is -2.35. The molecular weight excluding hydrogens is 301 g/mol. The van der Waals surface area contributed by atoms with Crippen molar-refractivity contribution in [2.45, 2.75) is 31.8 Å². The smallest absolute Gasteiger partial charge is 0.312 e. The van der Waals surface area contributed by atoms with Crippen LogP contribution in [0.3, 0.4) is 0 Å². The SMILES string of the molecule is COC(=O)C1(CC2CC(c3cccc(F)c3)=NO2)CCOCC1. The third-order valence-corrected chi connectivity index (χ3v) is 4.58. The standard InChI is InChI=1S/C17H20FNO4/c1-21-16(20)17(5-7-22-8-6-17)11-14-10-15(19-23-14)12-3-2-4-13(18)9-12/h2-4,9,14H,5-8,10-11H2,1H3. The van der Waals surface area contributed by atoms with Crippen molar-refractivity contribution in [1.29, 1.82) is 0 Å². The average molecular weight is 321 g/mol. The van der Waals surface area contributed by atoms with Crippen molar-refractivity contribution in [1.82, 2.24) is 0 Å². The van der Waals surface area contributed by atoms with Gasteiger partial charge in [0.1, 0.15) is 11.9 Å². The van der Waals surface area contributed by atoms with Gasteiger partial charge in [0.15, 0.2) is 0 Å². The first-order valence-electron chi connectivity index (χ1n) is 7.78. The number of nitrogens with zero attached hydrogens (tertiary/aromatic N) is 1. The summed E-state index contributed by atoms with van der Waals surface area (Å²) < 4.78 is 23.7. The highest BCUT2D eigenvalue weighted by atomic mass is 19.1. The highest BCUT2D eigenvalue weighted by Crippen LogP contribution is 2.39. The Hall–Kier alpha value is -1.95. The van der Waals surface area contributed by atoms with Gasteiger partial charge < -0.3 is 14.3 Å². The van der Waals surface area contributed by atoms with E-state index in [1.54, 1.807) is 12.1 Å². The molecule has 1 unspecified atom stereocenters. The molecule has 1 saturated heterocycles. The molecule has 23 heavy (non-hydrogen) atoms. The first-order valence-corrected chi connectivity index (χ1v) is 7.78. The molecule has 2 aliphatic rings. The lowest BCUT2D eigenvalue weighted by Crippen LogP contribution is -2.41. The summed E-state index contributed by atoms with van der Waals surface area (Å²) in [4.78, 5) is 17.8. The number of hydrogen-bond donors (Lipinski definition) is 0. The molecule has 1 aromatic carbocycles. The van der Waals surface area contributed by atoms with Crippen molar-refractivity contribution in [3.8, 4) is 0 Å². The Kier molecular flexibility index (Phi) is 4.61. The van der Waals surface area contributed by atoms with E-state index in [9.17, 15) is 9.18 Å². The average Bonchev–Trinajstić information content (AvgIpc) is 3.03. The molecule has 1 atom stereocenters. The van der Waals surface area contributed by atoms with E-state index in [2.05, 4.69) is 5.16 Å². The molecule has 0 radical (unpaired) electrons. The van der Waals surface area contributed by atoms with Gasteiger partial charge in [0.2, 0.25) is 0 Å². The van der Waals surface area contributed by atoms with Gasteiger partial charge in [-0.15, -0.1) is 0 Å². The van der Waals surface area contributed by atoms with Gasteiger partial charge in [0.05, 0.1) is 18.2 Å². The van der Waals surface area contributed by atoms with Crippen LogP contribution in [0.25, 0.3) is 0 Å². The van der Waals surface area contributed by atoms with Gasteiger partial charge in [-0.1, -0.05) is 17.3 Å². The van der Waals surface area contributed by atoms with E-state index in [1.807, 2.05) is 0 Å². The summed E-state index contributed by atoms with van der Waals surface area (Å²) in [6, 6.07) is 6.29. The molecule has 2 heterocycles. The second kappa shape index (κ2) is 6.66. The number of hydrogen-bond acceptors (Lipinski definition) is 5. The van der Waals surface area contributed by atoms with Crippen LogP contribution in [0.5, 0.6) is 0 Å². The topological polar surface area (TPSA) is 57.1 Å². The zero-order valence-electron chi connectivity index (χ0n) is 13.1. The molecule has 0 saturated carbocycles. The van der Waals surface area contributed by atoms with Crippen LogP contribution >= 0.6 is 0 Å². The quantitative estimate of drug-likeness (QED) is 0.800. The number of benzene rings is 1. The molecule has 0 bridgehead atoms. The number of carbonyl (C=O) groups excluding carboxylic acids is 1. The van der Waals surface area contributed by atoms with Gasteiger partial charge in [-0.2, -0.15) is 0 Å². The Morgan fingerprint density at radius 3 is 2.91 bits per heavy atom. The third-order valence-electron chi connectivity index (χ3n) is 4.58. The Labute approximate surface area is 134 Å². The highest BCUT2D eigenvalue weighted by Gasteiger charge is 2.44. The molecule has 2 aliphatic heterocycles. The molecule has 0 amide bonds. The molecule has 3 rings (SSSR count). The molecule has 6 heteroatoms. The van der Waals surface area contributed by atoms with Crippen LogP contribution in [0.2, 0.25) is 0 Å². The Bertz CT molecular complexity index is 610. The summed E-state index contributed by atoms with van der Waals surface area (Å²) in [5.74, 6) is -0.521. The number of halogens is 1. The van der Waals surface area contributed by atoms with Gasteiger partial charge >= 0.3 is 5.97 Å². The maximum Gasteiger partial charge on any atom is 0.312 e. The number of rotatable bonds is 4. The van der Waals surface area contributed by atoms with E-state index in [4.69, 9.17) is 14.3 Å². The summed E-state index contributed by atoms with van der Waals surface area (Å²) in [6.07, 6.45) is 2.13. The lowest BCUT2D eigenvalue weighted by molar-refractivity contribution is -0.162. The van der Waals surface area contributed by atoms with Crippen molar-refractivity contribution >= 4 is 11.7 Å². The number of esters is 1. The summed E-state index contributed by atoms with van der Waals surface area (Å²) in [5.41, 5.74) is 0.845. The first kappa shape index (κ1) is 15.9. The largest absolute Gasteiger partial charge is 0.469 e. The molecular formula is C17H20FNO4. The Balaban J connectivity index is 1.68. The maximum atomic E-state index is 13.3. The van der Waals surface area contributed by atoms with Gasteiger partial charge in [-0.25, -0.2) is 4.39 Å². The summed E-state index contributed by atoms with van der Waals surface area (Å²) in [6.45, 7) is 1.08. The van der Waals surface area contributed by atoms with Gasteiger partial charge in [0, 0.05) is 31.6 Å². The molecule has 5 nitrogen and oxygen atoms in total. The Morgan fingerprint density at radius 2 is 2.22 bits per heavy atom. The summed E-state index contributed by atoms with van der Waals surface area (Å²) >= 11 is 0. The number of carbonyl (C=O) groups is 1. The van der Waals surface area contributed by atoms with Crippen molar-refractivity contribution in [2.24, 2.45) is 10.6 Å². The predicted octanol–water partition coefficient (Wildman–Crippen LogP) is 2.68. The van der Waals surface area contributed by atoms with Crippen LogP contribution in [0.4, 0.5) is 4.39 Å². The minimum absolute atomic E-state index is 0.203. The summed E-state index contributed by atoms with van der Waals surface area (Å²) in [7, 11) is 1.41. The van der Waals surface area contributed by atoms with E-state index in [0.29, 0.717) is 50.2 Å². The van der Waals surface area contributed by atoms with Crippen molar-refractivity contribution in [3.05, 3.63) is 35.6 Å². The van der Waals surface area contributed by atoms with Crippen LogP contribution in [0.15, 0.2) is 29.4 Å². The number of methoxy groups -OCH3 is 1. The fourth-order valence-electron chi connectivity index (χ4n) is 3.28. The first-order chi connectivity index (χ1) is 11.1. The van der Waals surface area contributed by atoms with Crippen molar-refractivity contribution in [3.63, 3.8) is 0 Å². The zero-order chi connectivity index (χ0) is 16.3. The van der Waals surface area contributed by atoms with Crippen molar-refractivity contribution in [2.75, 3.05) is 20.3 Å². The monoisotopic (exact) mass is 321 g/mol.